The first-order valence-electron chi connectivity index (χ1n) is 5.08. The minimum Gasteiger partial charge on any atom is -0.349 e. The summed E-state index contributed by atoms with van der Waals surface area (Å²) >= 11 is 9.28. The number of rotatable bonds is 2. The molecule has 86 valence electrons. The number of hydrogen-bond acceptors (Lipinski definition) is 2. The molecule has 1 aromatic rings. The Morgan fingerprint density at radius 2 is 2.19 bits per heavy atom. The van der Waals surface area contributed by atoms with Gasteiger partial charge in [0.2, 0.25) is 0 Å². The Hall–Kier alpha value is -0.580. The Labute approximate surface area is 107 Å². The highest BCUT2D eigenvalue weighted by atomic mass is 79.9. The second kappa shape index (κ2) is 4.73. The van der Waals surface area contributed by atoms with Crippen LogP contribution in [0.1, 0.15) is 23.2 Å². The van der Waals surface area contributed by atoms with Crippen LogP contribution in [0.5, 0.6) is 0 Å². The Kier molecular flexibility index (Phi) is 3.52. The molecule has 1 amide bonds. The summed E-state index contributed by atoms with van der Waals surface area (Å²) in [4.78, 5) is 11.8. The Bertz CT molecular complexity index is 418. The Balaban J connectivity index is 2.03. The number of nitrogens with two attached hydrogens (primary N) is 1. The van der Waals surface area contributed by atoms with Crippen molar-refractivity contribution in [1.82, 2.24) is 5.32 Å². The molecule has 1 fully saturated rings. The summed E-state index contributed by atoms with van der Waals surface area (Å²) in [5.74, 6) is -0.130. The molecule has 3 nitrogen and oxygen atoms in total. The van der Waals surface area contributed by atoms with Gasteiger partial charge in [-0.15, -0.1) is 0 Å². The van der Waals surface area contributed by atoms with Crippen LogP contribution in [-0.2, 0) is 0 Å². The Morgan fingerprint density at radius 1 is 1.50 bits per heavy atom. The maximum atomic E-state index is 11.8. The standard InChI is InChI=1S/C11H12BrClN2O/c12-6-1-2-9(10(13)3-6)11(16)15-8-4-7(14)5-8/h1-3,7-8H,4-5,14H2,(H,15,16). The normalized spacial score (nSPS) is 23.7. The topological polar surface area (TPSA) is 55.1 Å². The number of carbonyl (C=O) groups excluding carboxylic acids is 1. The van der Waals surface area contributed by atoms with Crippen LogP contribution in [0.25, 0.3) is 0 Å². The molecule has 0 atom stereocenters. The zero-order valence-corrected chi connectivity index (χ0v) is 10.9. The summed E-state index contributed by atoms with van der Waals surface area (Å²) in [6.45, 7) is 0. The van der Waals surface area contributed by atoms with Gasteiger partial charge in [0.05, 0.1) is 10.6 Å². The zero-order valence-electron chi connectivity index (χ0n) is 8.54. The fourth-order valence-corrected chi connectivity index (χ4v) is 2.48. The van der Waals surface area contributed by atoms with E-state index in [1.54, 1.807) is 18.2 Å². The fourth-order valence-electron chi connectivity index (χ4n) is 1.72. The maximum absolute atomic E-state index is 11.8. The number of benzene rings is 1. The van der Waals surface area contributed by atoms with E-state index < -0.39 is 0 Å². The number of hydrogen-bond donors (Lipinski definition) is 2. The third-order valence-corrected chi connectivity index (χ3v) is 3.49. The molecule has 0 aliphatic heterocycles. The van der Waals surface area contributed by atoms with Gasteiger partial charge >= 0.3 is 0 Å². The van der Waals surface area contributed by atoms with Crippen molar-refractivity contribution in [2.24, 2.45) is 5.73 Å². The van der Waals surface area contributed by atoms with Crippen molar-refractivity contribution in [3.05, 3.63) is 33.3 Å². The number of carbonyl (C=O) groups is 1. The van der Waals surface area contributed by atoms with Crippen LogP contribution in [0, 0.1) is 0 Å². The second-order valence-electron chi connectivity index (χ2n) is 4.03. The molecule has 0 heterocycles. The molecule has 1 aliphatic rings. The molecule has 0 bridgehead atoms. The van der Waals surface area contributed by atoms with E-state index in [9.17, 15) is 4.79 Å². The molecular formula is C11H12BrClN2O. The summed E-state index contributed by atoms with van der Waals surface area (Å²) in [6, 6.07) is 5.64. The SMILES string of the molecule is NC1CC(NC(=O)c2ccc(Br)cc2Cl)C1. The molecule has 1 aromatic carbocycles. The maximum Gasteiger partial charge on any atom is 0.253 e. The number of nitrogens with one attached hydrogen (secondary N) is 1. The van der Waals surface area contributed by atoms with Crippen LogP contribution < -0.4 is 11.1 Å². The van der Waals surface area contributed by atoms with Gasteiger partial charge in [0.1, 0.15) is 0 Å². The highest BCUT2D eigenvalue weighted by molar-refractivity contribution is 9.10. The van der Waals surface area contributed by atoms with Gasteiger partial charge in [-0.2, -0.15) is 0 Å². The average molecular weight is 304 g/mol. The van der Waals surface area contributed by atoms with Gasteiger partial charge in [-0.05, 0) is 31.0 Å². The number of halogens is 2. The van der Waals surface area contributed by atoms with E-state index in [4.69, 9.17) is 17.3 Å². The molecule has 0 unspecified atom stereocenters. The average Bonchev–Trinajstić information content (AvgIpc) is 2.15. The van der Waals surface area contributed by atoms with E-state index in [-0.39, 0.29) is 18.0 Å². The van der Waals surface area contributed by atoms with Crippen LogP contribution in [-0.4, -0.2) is 18.0 Å². The molecule has 2 rings (SSSR count). The van der Waals surface area contributed by atoms with Gasteiger partial charge in [0.15, 0.2) is 0 Å². The van der Waals surface area contributed by atoms with Crippen molar-refractivity contribution >= 4 is 33.4 Å². The fraction of sp³-hybridized carbons (Fsp3) is 0.364. The lowest BCUT2D eigenvalue weighted by atomic mass is 9.87. The van der Waals surface area contributed by atoms with Gasteiger partial charge in [-0.25, -0.2) is 0 Å². The molecule has 16 heavy (non-hydrogen) atoms. The van der Waals surface area contributed by atoms with Crippen LogP contribution in [0.15, 0.2) is 22.7 Å². The Morgan fingerprint density at radius 3 is 2.75 bits per heavy atom. The van der Waals surface area contributed by atoms with E-state index in [2.05, 4.69) is 21.2 Å². The monoisotopic (exact) mass is 302 g/mol. The van der Waals surface area contributed by atoms with Crippen molar-refractivity contribution in [2.75, 3.05) is 0 Å². The van der Waals surface area contributed by atoms with Crippen LogP contribution in [0.4, 0.5) is 0 Å². The second-order valence-corrected chi connectivity index (χ2v) is 5.35. The van der Waals surface area contributed by atoms with Crippen molar-refractivity contribution in [3.8, 4) is 0 Å². The minimum absolute atomic E-state index is 0.130. The predicted octanol–water partition coefficient (Wildman–Crippen LogP) is 2.32. The molecule has 5 heteroatoms. The van der Waals surface area contributed by atoms with Crippen molar-refractivity contribution < 1.29 is 4.79 Å². The van der Waals surface area contributed by atoms with Crippen LogP contribution >= 0.6 is 27.5 Å². The summed E-state index contributed by atoms with van der Waals surface area (Å²) in [5, 5.41) is 3.36. The van der Waals surface area contributed by atoms with Crippen LogP contribution in [0.3, 0.4) is 0 Å². The van der Waals surface area contributed by atoms with E-state index in [1.807, 2.05) is 0 Å². The van der Waals surface area contributed by atoms with Gasteiger partial charge < -0.3 is 11.1 Å². The summed E-state index contributed by atoms with van der Waals surface area (Å²) in [5.41, 5.74) is 6.15. The number of amides is 1. The molecule has 0 saturated heterocycles. The van der Waals surface area contributed by atoms with E-state index in [0.717, 1.165) is 17.3 Å². The summed E-state index contributed by atoms with van der Waals surface area (Å²) in [7, 11) is 0. The summed E-state index contributed by atoms with van der Waals surface area (Å²) < 4.78 is 0.861. The molecular weight excluding hydrogens is 291 g/mol. The lowest BCUT2D eigenvalue weighted by Gasteiger charge is -2.33. The zero-order chi connectivity index (χ0) is 11.7. The molecule has 1 saturated carbocycles. The highest BCUT2D eigenvalue weighted by Crippen LogP contribution is 2.23. The minimum atomic E-state index is -0.130. The quantitative estimate of drug-likeness (QED) is 0.881. The largest absolute Gasteiger partial charge is 0.349 e. The van der Waals surface area contributed by atoms with Gasteiger partial charge in [0, 0.05) is 16.6 Å². The van der Waals surface area contributed by atoms with E-state index >= 15 is 0 Å². The first-order valence-corrected chi connectivity index (χ1v) is 6.25. The predicted molar refractivity (Wildman–Crippen MR) is 67.6 cm³/mol. The van der Waals surface area contributed by atoms with Crippen molar-refractivity contribution in [3.63, 3.8) is 0 Å². The lowest BCUT2D eigenvalue weighted by molar-refractivity contribution is 0.0910. The van der Waals surface area contributed by atoms with Crippen LogP contribution in [0.2, 0.25) is 5.02 Å². The smallest absolute Gasteiger partial charge is 0.253 e. The lowest BCUT2D eigenvalue weighted by Crippen LogP contribution is -2.50. The van der Waals surface area contributed by atoms with Gasteiger partial charge in [-0.1, -0.05) is 27.5 Å². The van der Waals surface area contributed by atoms with E-state index in [0.29, 0.717) is 10.6 Å². The third-order valence-electron chi connectivity index (χ3n) is 2.69. The highest BCUT2D eigenvalue weighted by Gasteiger charge is 2.27. The molecule has 1 aliphatic carbocycles. The first-order chi connectivity index (χ1) is 7.56. The van der Waals surface area contributed by atoms with Gasteiger partial charge in [-0.3, -0.25) is 4.79 Å². The molecule has 0 aromatic heterocycles. The third kappa shape index (κ3) is 2.56. The van der Waals surface area contributed by atoms with Gasteiger partial charge in [0.25, 0.3) is 5.91 Å². The van der Waals surface area contributed by atoms with E-state index in [1.165, 1.54) is 0 Å². The summed E-state index contributed by atoms with van der Waals surface area (Å²) in [6.07, 6.45) is 1.69. The van der Waals surface area contributed by atoms with Crippen molar-refractivity contribution in [1.29, 1.82) is 0 Å². The molecule has 0 radical (unpaired) electrons. The van der Waals surface area contributed by atoms with Crippen molar-refractivity contribution in [2.45, 2.75) is 24.9 Å². The molecule has 0 spiro atoms. The first kappa shape index (κ1) is 11.9. The molecule has 3 N–H and O–H groups in total.